The molecule has 1 rings (SSSR count). The van der Waals surface area contributed by atoms with Crippen LogP contribution >= 0.6 is 11.8 Å². The molecule has 92 valence electrons. The summed E-state index contributed by atoms with van der Waals surface area (Å²) < 4.78 is 4.43. The molecule has 1 aromatic rings. The van der Waals surface area contributed by atoms with Gasteiger partial charge in [0.25, 0.3) is 0 Å². The minimum absolute atomic E-state index is 0.0606. The van der Waals surface area contributed by atoms with Gasteiger partial charge in [-0.05, 0) is 6.92 Å². The van der Waals surface area contributed by atoms with Gasteiger partial charge in [-0.2, -0.15) is 4.98 Å². The second-order valence-electron chi connectivity index (χ2n) is 2.94. The lowest BCUT2D eigenvalue weighted by Crippen LogP contribution is -2.07. The van der Waals surface area contributed by atoms with E-state index >= 15 is 0 Å². The summed E-state index contributed by atoms with van der Waals surface area (Å²) in [5, 5.41) is 10.9. The number of carbonyl (C=O) groups excluding carboxylic acids is 1. The van der Waals surface area contributed by atoms with Gasteiger partial charge in [-0.25, -0.2) is 4.98 Å². The highest BCUT2D eigenvalue weighted by atomic mass is 32.2. The fraction of sp³-hybridized carbons (Fsp3) is 0.375. The van der Waals surface area contributed by atoms with Crippen molar-refractivity contribution in [3.05, 3.63) is 15.8 Å². The Morgan fingerprint density at radius 3 is 2.76 bits per heavy atom. The predicted molar refractivity (Wildman–Crippen MR) is 60.6 cm³/mol. The van der Waals surface area contributed by atoms with Gasteiger partial charge in [0, 0.05) is 0 Å². The molecular formula is C8H10N4O4S. The smallest absolute Gasteiger partial charge is 0.322 e. The molecule has 9 heteroatoms. The first-order valence-corrected chi connectivity index (χ1v) is 5.42. The van der Waals surface area contributed by atoms with Gasteiger partial charge < -0.3 is 10.5 Å². The van der Waals surface area contributed by atoms with Crippen LogP contribution in [0.4, 0.5) is 11.6 Å². The highest BCUT2D eigenvalue weighted by molar-refractivity contribution is 8.00. The maximum absolute atomic E-state index is 10.9. The van der Waals surface area contributed by atoms with E-state index in [9.17, 15) is 14.9 Å². The van der Waals surface area contributed by atoms with Crippen LogP contribution in [0.3, 0.4) is 0 Å². The van der Waals surface area contributed by atoms with E-state index in [-0.39, 0.29) is 28.1 Å². The van der Waals surface area contributed by atoms with Crippen LogP contribution in [0.5, 0.6) is 0 Å². The minimum atomic E-state index is -0.603. The summed E-state index contributed by atoms with van der Waals surface area (Å²) >= 11 is 0.889. The van der Waals surface area contributed by atoms with Crippen molar-refractivity contribution in [2.75, 3.05) is 18.6 Å². The van der Waals surface area contributed by atoms with Gasteiger partial charge in [-0.3, -0.25) is 14.9 Å². The fourth-order valence-corrected chi connectivity index (χ4v) is 1.95. The average Bonchev–Trinajstić information content (AvgIpc) is 2.24. The predicted octanol–water partition coefficient (Wildman–Crippen LogP) is 0.541. The van der Waals surface area contributed by atoms with Crippen molar-refractivity contribution < 1.29 is 14.5 Å². The summed E-state index contributed by atoms with van der Waals surface area (Å²) in [7, 11) is 1.23. The van der Waals surface area contributed by atoms with Gasteiger partial charge in [-0.1, -0.05) is 11.8 Å². The lowest BCUT2D eigenvalue weighted by Gasteiger charge is -2.04. The monoisotopic (exact) mass is 258 g/mol. The van der Waals surface area contributed by atoms with Gasteiger partial charge in [0.05, 0.1) is 17.8 Å². The molecule has 0 atom stereocenters. The SMILES string of the molecule is COC(=O)CSc1nc(N)nc(C)c1[N+](=O)[O-]. The van der Waals surface area contributed by atoms with Crippen LogP contribution in [0.1, 0.15) is 5.69 Å². The Labute approximate surface area is 101 Å². The van der Waals surface area contributed by atoms with E-state index in [1.807, 2.05) is 0 Å². The Bertz CT molecular complexity index is 465. The standard InChI is InChI=1S/C8H10N4O4S/c1-4-6(12(14)15)7(11-8(9)10-4)17-3-5(13)16-2/h3H2,1-2H3,(H2,9,10,11). The second kappa shape index (κ2) is 5.43. The van der Waals surface area contributed by atoms with E-state index in [0.29, 0.717) is 0 Å². The third-order valence-electron chi connectivity index (χ3n) is 1.78. The minimum Gasteiger partial charge on any atom is -0.468 e. The van der Waals surface area contributed by atoms with Gasteiger partial charge in [0.15, 0.2) is 5.03 Å². The molecule has 0 aromatic carbocycles. The van der Waals surface area contributed by atoms with E-state index in [2.05, 4.69) is 14.7 Å². The quantitative estimate of drug-likeness (QED) is 0.273. The molecule has 0 fully saturated rings. The number of hydrogen-bond acceptors (Lipinski definition) is 8. The number of nitro groups is 1. The molecule has 1 aromatic heterocycles. The zero-order valence-corrected chi connectivity index (χ0v) is 9.98. The summed E-state index contributed by atoms with van der Waals surface area (Å²) in [6.07, 6.45) is 0. The maximum atomic E-state index is 10.9. The Balaban J connectivity index is 3.04. The summed E-state index contributed by atoms with van der Waals surface area (Å²) in [6, 6.07) is 0. The highest BCUT2D eigenvalue weighted by Crippen LogP contribution is 2.29. The number of ether oxygens (including phenoxy) is 1. The van der Waals surface area contributed by atoms with E-state index in [1.165, 1.54) is 14.0 Å². The van der Waals surface area contributed by atoms with Crippen molar-refractivity contribution in [2.24, 2.45) is 0 Å². The fourth-order valence-electron chi connectivity index (χ4n) is 1.06. The molecule has 0 radical (unpaired) electrons. The molecule has 0 bridgehead atoms. The van der Waals surface area contributed by atoms with E-state index in [4.69, 9.17) is 5.73 Å². The summed E-state index contributed by atoms with van der Waals surface area (Å²) in [5.41, 5.74) is 5.31. The molecule has 0 aliphatic heterocycles. The Morgan fingerprint density at radius 2 is 2.24 bits per heavy atom. The maximum Gasteiger partial charge on any atom is 0.322 e. The number of nitrogen functional groups attached to an aromatic ring is 1. The Hall–Kier alpha value is -1.90. The van der Waals surface area contributed by atoms with Crippen LogP contribution in [0.2, 0.25) is 0 Å². The van der Waals surface area contributed by atoms with Crippen molar-refractivity contribution in [1.82, 2.24) is 9.97 Å². The van der Waals surface area contributed by atoms with Crippen LogP contribution < -0.4 is 5.73 Å². The van der Waals surface area contributed by atoms with E-state index < -0.39 is 10.9 Å². The third kappa shape index (κ3) is 3.28. The lowest BCUT2D eigenvalue weighted by molar-refractivity contribution is -0.389. The van der Waals surface area contributed by atoms with Crippen molar-refractivity contribution >= 4 is 29.4 Å². The van der Waals surface area contributed by atoms with Gasteiger partial charge >= 0.3 is 11.7 Å². The van der Waals surface area contributed by atoms with Gasteiger partial charge in [0.2, 0.25) is 5.95 Å². The van der Waals surface area contributed by atoms with Crippen molar-refractivity contribution in [3.8, 4) is 0 Å². The van der Waals surface area contributed by atoms with E-state index in [0.717, 1.165) is 11.8 Å². The Kier molecular flexibility index (Phi) is 4.21. The van der Waals surface area contributed by atoms with E-state index in [1.54, 1.807) is 0 Å². The molecule has 8 nitrogen and oxygen atoms in total. The number of esters is 1. The molecular weight excluding hydrogens is 248 g/mol. The number of thioether (sulfide) groups is 1. The molecule has 0 aliphatic carbocycles. The first-order chi connectivity index (χ1) is 7.95. The average molecular weight is 258 g/mol. The van der Waals surface area contributed by atoms with Crippen LogP contribution in [-0.2, 0) is 9.53 Å². The lowest BCUT2D eigenvalue weighted by atomic mass is 10.4. The molecule has 0 saturated heterocycles. The topological polar surface area (TPSA) is 121 Å². The number of methoxy groups -OCH3 is 1. The molecule has 2 N–H and O–H groups in total. The molecule has 0 aliphatic rings. The third-order valence-corrected chi connectivity index (χ3v) is 2.72. The van der Waals surface area contributed by atoms with Crippen molar-refractivity contribution in [1.29, 1.82) is 0 Å². The van der Waals surface area contributed by atoms with Crippen LogP contribution in [-0.4, -0.2) is 33.7 Å². The highest BCUT2D eigenvalue weighted by Gasteiger charge is 2.22. The number of carbonyl (C=O) groups is 1. The summed E-state index contributed by atoms with van der Waals surface area (Å²) in [4.78, 5) is 28.6. The van der Waals surface area contributed by atoms with Crippen molar-refractivity contribution in [2.45, 2.75) is 11.9 Å². The number of nitrogens with two attached hydrogens (primary N) is 1. The first-order valence-electron chi connectivity index (χ1n) is 4.43. The largest absolute Gasteiger partial charge is 0.468 e. The molecule has 0 spiro atoms. The molecule has 0 unspecified atom stereocenters. The summed E-state index contributed by atoms with van der Waals surface area (Å²) in [5.74, 6) is -0.646. The second-order valence-corrected chi connectivity index (χ2v) is 3.91. The Morgan fingerprint density at radius 1 is 1.59 bits per heavy atom. The zero-order chi connectivity index (χ0) is 13.0. The number of aromatic nitrogens is 2. The van der Waals surface area contributed by atoms with Crippen LogP contribution in [0.25, 0.3) is 0 Å². The molecule has 1 heterocycles. The number of aryl methyl sites for hydroxylation is 1. The molecule has 0 amide bonds. The molecule has 0 saturated carbocycles. The normalized spacial score (nSPS) is 10.0. The number of nitrogens with zero attached hydrogens (tertiary/aromatic N) is 3. The number of anilines is 1. The van der Waals surface area contributed by atoms with Crippen LogP contribution in [0.15, 0.2) is 5.03 Å². The molecule has 17 heavy (non-hydrogen) atoms. The van der Waals surface area contributed by atoms with Crippen molar-refractivity contribution in [3.63, 3.8) is 0 Å². The number of hydrogen-bond donors (Lipinski definition) is 1. The summed E-state index contributed by atoms with van der Waals surface area (Å²) in [6.45, 7) is 1.46. The number of rotatable bonds is 4. The zero-order valence-electron chi connectivity index (χ0n) is 9.17. The van der Waals surface area contributed by atoms with Crippen LogP contribution in [0, 0.1) is 17.0 Å². The first kappa shape index (κ1) is 13.2. The van der Waals surface area contributed by atoms with Gasteiger partial charge in [0.1, 0.15) is 5.69 Å². The van der Waals surface area contributed by atoms with Gasteiger partial charge in [-0.15, -0.1) is 0 Å².